The zero-order valence-electron chi connectivity index (χ0n) is 11.2. The Morgan fingerprint density at radius 1 is 1.20 bits per heavy atom. The van der Waals surface area contributed by atoms with Gasteiger partial charge in [-0.2, -0.15) is 5.10 Å². The van der Waals surface area contributed by atoms with Crippen molar-refractivity contribution in [2.75, 3.05) is 7.11 Å². The summed E-state index contributed by atoms with van der Waals surface area (Å²) in [5.74, 6) is 2.11. The van der Waals surface area contributed by atoms with Gasteiger partial charge in [-0.05, 0) is 31.2 Å². The third kappa shape index (κ3) is 2.00. The van der Waals surface area contributed by atoms with E-state index in [4.69, 9.17) is 4.74 Å². The number of ether oxygens (including phenoxy) is 1. The number of fused-ring (bicyclic) bond motifs is 1. The van der Waals surface area contributed by atoms with Gasteiger partial charge in [0.25, 0.3) is 0 Å². The molecule has 3 aromatic rings. The van der Waals surface area contributed by atoms with Crippen LogP contribution in [0.1, 0.15) is 11.4 Å². The van der Waals surface area contributed by atoms with Crippen LogP contribution in [0.3, 0.4) is 0 Å². The number of rotatable bonds is 3. The van der Waals surface area contributed by atoms with Gasteiger partial charge in [-0.1, -0.05) is 0 Å². The summed E-state index contributed by atoms with van der Waals surface area (Å²) < 4.78 is 6.76. The van der Waals surface area contributed by atoms with Crippen LogP contribution in [-0.4, -0.2) is 31.8 Å². The minimum Gasteiger partial charge on any atom is -0.497 e. The van der Waals surface area contributed by atoms with E-state index in [1.54, 1.807) is 17.8 Å². The molecule has 0 fully saturated rings. The minimum absolute atomic E-state index is 0.0952. The van der Waals surface area contributed by atoms with E-state index in [0.29, 0.717) is 17.0 Å². The summed E-state index contributed by atoms with van der Waals surface area (Å²) in [6, 6.07) is 7.53. The molecule has 6 nitrogen and oxygen atoms in total. The number of methoxy groups -OCH3 is 1. The maximum absolute atomic E-state index is 9.31. The number of hydrogen-bond acceptors (Lipinski definition) is 5. The first-order chi connectivity index (χ1) is 9.72. The van der Waals surface area contributed by atoms with Gasteiger partial charge >= 0.3 is 0 Å². The molecule has 2 heterocycles. The molecule has 102 valence electrons. The van der Waals surface area contributed by atoms with E-state index in [2.05, 4.69) is 15.1 Å². The molecular weight excluding hydrogens is 256 g/mol. The molecule has 0 amide bonds. The number of nitrogens with zero attached hydrogens (tertiary/aromatic N) is 4. The highest BCUT2D eigenvalue weighted by Crippen LogP contribution is 2.21. The topological polar surface area (TPSA) is 72.5 Å². The average Bonchev–Trinajstić information content (AvgIpc) is 2.91. The van der Waals surface area contributed by atoms with Gasteiger partial charge in [0.15, 0.2) is 11.5 Å². The van der Waals surface area contributed by atoms with Crippen LogP contribution in [0, 0.1) is 6.92 Å². The number of aliphatic hydroxyl groups excluding tert-OH is 1. The van der Waals surface area contributed by atoms with E-state index in [-0.39, 0.29) is 6.61 Å². The van der Waals surface area contributed by atoms with Crippen LogP contribution >= 0.6 is 0 Å². The van der Waals surface area contributed by atoms with Crippen LogP contribution in [0.25, 0.3) is 17.0 Å². The standard InChI is InChI=1S/C14H14N4O2/c1-9-16-13(10-3-5-12(20-2)6-4-10)17-14-11(8-19)7-15-18(9)14/h3-7,19H,8H2,1-2H3. The van der Waals surface area contributed by atoms with Crippen molar-refractivity contribution in [3.05, 3.63) is 41.9 Å². The second kappa shape index (κ2) is 4.90. The Balaban J connectivity index is 2.15. The lowest BCUT2D eigenvalue weighted by Gasteiger charge is -2.05. The van der Waals surface area contributed by atoms with Gasteiger partial charge in [0, 0.05) is 11.1 Å². The number of aromatic nitrogens is 4. The van der Waals surface area contributed by atoms with Crippen molar-refractivity contribution < 1.29 is 9.84 Å². The molecule has 0 unspecified atom stereocenters. The number of aryl methyl sites for hydroxylation is 1. The van der Waals surface area contributed by atoms with Gasteiger partial charge in [0.1, 0.15) is 11.6 Å². The summed E-state index contributed by atoms with van der Waals surface area (Å²) >= 11 is 0. The van der Waals surface area contributed by atoms with Crippen molar-refractivity contribution in [2.45, 2.75) is 13.5 Å². The molecule has 0 aliphatic carbocycles. The second-order valence-corrected chi connectivity index (χ2v) is 4.39. The van der Waals surface area contributed by atoms with Gasteiger partial charge in [0.2, 0.25) is 0 Å². The second-order valence-electron chi connectivity index (χ2n) is 4.39. The summed E-state index contributed by atoms with van der Waals surface area (Å²) in [7, 11) is 1.63. The van der Waals surface area contributed by atoms with Gasteiger partial charge < -0.3 is 9.84 Å². The Morgan fingerprint density at radius 2 is 1.95 bits per heavy atom. The molecule has 0 saturated carbocycles. The number of hydrogen-bond donors (Lipinski definition) is 1. The molecule has 1 N–H and O–H groups in total. The maximum Gasteiger partial charge on any atom is 0.165 e. The Labute approximate surface area is 115 Å². The fourth-order valence-corrected chi connectivity index (χ4v) is 2.04. The molecule has 0 aliphatic rings. The van der Waals surface area contributed by atoms with E-state index in [1.807, 2.05) is 31.2 Å². The Morgan fingerprint density at radius 3 is 2.60 bits per heavy atom. The third-order valence-electron chi connectivity index (χ3n) is 3.12. The Kier molecular flexibility index (Phi) is 3.08. The van der Waals surface area contributed by atoms with Crippen molar-refractivity contribution >= 4 is 5.65 Å². The normalized spacial score (nSPS) is 10.9. The fraction of sp³-hybridized carbons (Fsp3) is 0.214. The van der Waals surface area contributed by atoms with Gasteiger partial charge in [-0.3, -0.25) is 0 Å². The van der Waals surface area contributed by atoms with E-state index in [0.717, 1.165) is 17.1 Å². The van der Waals surface area contributed by atoms with Crippen LogP contribution in [0.4, 0.5) is 0 Å². The van der Waals surface area contributed by atoms with Crippen molar-refractivity contribution in [1.82, 2.24) is 19.6 Å². The van der Waals surface area contributed by atoms with E-state index >= 15 is 0 Å². The minimum atomic E-state index is -0.0952. The molecule has 2 aromatic heterocycles. The molecule has 0 spiro atoms. The van der Waals surface area contributed by atoms with Crippen molar-refractivity contribution in [3.8, 4) is 17.1 Å². The Bertz CT molecular complexity index is 750. The van der Waals surface area contributed by atoms with Crippen molar-refractivity contribution in [3.63, 3.8) is 0 Å². The van der Waals surface area contributed by atoms with Gasteiger partial charge in [-0.15, -0.1) is 0 Å². The lowest BCUT2D eigenvalue weighted by Crippen LogP contribution is -2.02. The van der Waals surface area contributed by atoms with Gasteiger partial charge in [0.05, 0.1) is 19.9 Å². The lowest BCUT2D eigenvalue weighted by atomic mass is 10.2. The van der Waals surface area contributed by atoms with Crippen molar-refractivity contribution in [2.24, 2.45) is 0 Å². The third-order valence-corrected chi connectivity index (χ3v) is 3.12. The van der Waals surface area contributed by atoms with Crippen LogP contribution in [0.15, 0.2) is 30.5 Å². The zero-order valence-corrected chi connectivity index (χ0v) is 11.2. The molecule has 0 aliphatic heterocycles. The quantitative estimate of drug-likeness (QED) is 0.782. The Hall–Kier alpha value is -2.47. The monoisotopic (exact) mass is 270 g/mol. The van der Waals surface area contributed by atoms with Crippen LogP contribution in [0.5, 0.6) is 5.75 Å². The van der Waals surface area contributed by atoms with E-state index < -0.39 is 0 Å². The first-order valence-electron chi connectivity index (χ1n) is 6.19. The smallest absolute Gasteiger partial charge is 0.165 e. The van der Waals surface area contributed by atoms with Crippen LogP contribution in [0.2, 0.25) is 0 Å². The molecule has 3 rings (SSSR count). The summed E-state index contributed by atoms with van der Waals surface area (Å²) in [6.07, 6.45) is 1.61. The van der Waals surface area contributed by atoms with Crippen molar-refractivity contribution in [1.29, 1.82) is 0 Å². The molecule has 1 aromatic carbocycles. The molecule has 0 saturated heterocycles. The molecule has 0 atom stereocenters. The number of benzene rings is 1. The molecule has 6 heteroatoms. The highest BCUT2D eigenvalue weighted by molar-refractivity contribution is 5.60. The fourth-order valence-electron chi connectivity index (χ4n) is 2.04. The van der Waals surface area contributed by atoms with E-state index in [9.17, 15) is 5.11 Å². The van der Waals surface area contributed by atoms with Gasteiger partial charge in [-0.25, -0.2) is 14.5 Å². The highest BCUT2D eigenvalue weighted by atomic mass is 16.5. The summed E-state index contributed by atoms with van der Waals surface area (Å²) in [5.41, 5.74) is 2.21. The number of aliphatic hydroxyl groups is 1. The molecule has 20 heavy (non-hydrogen) atoms. The predicted octanol–water partition coefficient (Wildman–Crippen LogP) is 1.60. The lowest BCUT2D eigenvalue weighted by molar-refractivity contribution is 0.283. The maximum atomic E-state index is 9.31. The average molecular weight is 270 g/mol. The summed E-state index contributed by atoms with van der Waals surface area (Å²) in [6.45, 7) is 1.76. The zero-order chi connectivity index (χ0) is 14.1. The van der Waals surface area contributed by atoms with Crippen LogP contribution < -0.4 is 4.74 Å². The molecule has 0 radical (unpaired) electrons. The summed E-state index contributed by atoms with van der Waals surface area (Å²) in [5, 5.41) is 13.5. The van der Waals surface area contributed by atoms with E-state index in [1.165, 1.54) is 0 Å². The molecular formula is C14H14N4O2. The largest absolute Gasteiger partial charge is 0.497 e. The highest BCUT2D eigenvalue weighted by Gasteiger charge is 2.11. The summed E-state index contributed by atoms with van der Waals surface area (Å²) in [4.78, 5) is 8.92. The predicted molar refractivity (Wildman–Crippen MR) is 73.4 cm³/mol. The van der Waals surface area contributed by atoms with Crippen LogP contribution in [-0.2, 0) is 6.61 Å². The first-order valence-corrected chi connectivity index (χ1v) is 6.19. The molecule has 0 bridgehead atoms. The SMILES string of the molecule is COc1ccc(-c2nc(C)n3ncc(CO)c3n2)cc1. The first kappa shape index (κ1) is 12.6.